The Balaban J connectivity index is 2.51. The Bertz CT molecular complexity index is 451. The molecular formula is C17H34N4O3. The molecule has 3 amide bonds. The number of nitrogens with two attached hydrogens (primary N) is 1. The highest BCUT2D eigenvalue weighted by Crippen LogP contribution is 2.37. The topological polar surface area (TPSA) is 96.7 Å². The summed E-state index contributed by atoms with van der Waals surface area (Å²) in [7, 11) is 0. The van der Waals surface area contributed by atoms with Crippen molar-refractivity contribution in [3.63, 3.8) is 0 Å². The van der Waals surface area contributed by atoms with Gasteiger partial charge in [-0.05, 0) is 61.3 Å². The Morgan fingerprint density at radius 1 is 1.08 bits per heavy atom. The third-order valence-corrected chi connectivity index (χ3v) is 4.01. The van der Waals surface area contributed by atoms with Crippen molar-refractivity contribution in [3.8, 4) is 0 Å². The molecule has 0 aromatic heterocycles. The average molecular weight is 342 g/mol. The highest BCUT2D eigenvalue weighted by molar-refractivity contribution is 5.76. The van der Waals surface area contributed by atoms with E-state index in [0.29, 0.717) is 13.1 Å². The van der Waals surface area contributed by atoms with Gasteiger partial charge in [-0.3, -0.25) is 0 Å². The van der Waals surface area contributed by atoms with Crippen LogP contribution in [0.1, 0.15) is 61.3 Å². The molecule has 0 aromatic carbocycles. The molecule has 1 aliphatic rings. The number of rotatable bonds is 3. The monoisotopic (exact) mass is 342 g/mol. The van der Waals surface area contributed by atoms with Crippen LogP contribution in [0.25, 0.3) is 0 Å². The lowest BCUT2D eigenvalue weighted by Crippen LogP contribution is -2.67. The number of ether oxygens (including phenoxy) is 1. The molecule has 1 heterocycles. The van der Waals surface area contributed by atoms with Crippen molar-refractivity contribution in [1.82, 2.24) is 15.5 Å². The van der Waals surface area contributed by atoms with Crippen molar-refractivity contribution in [2.45, 2.75) is 84.0 Å². The highest BCUT2D eigenvalue weighted by Gasteiger charge is 2.46. The van der Waals surface area contributed by atoms with Gasteiger partial charge in [-0.15, -0.1) is 0 Å². The lowest BCUT2D eigenvalue weighted by Gasteiger charge is -2.54. The van der Waals surface area contributed by atoms with Gasteiger partial charge in [0.1, 0.15) is 5.60 Å². The molecule has 0 spiro atoms. The van der Waals surface area contributed by atoms with Crippen LogP contribution in [0.3, 0.4) is 0 Å². The number of carbonyl (C=O) groups is 2. The third kappa shape index (κ3) is 5.85. The van der Waals surface area contributed by atoms with E-state index in [4.69, 9.17) is 10.5 Å². The third-order valence-electron chi connectivity index (χ3n) is 4.01. The molecule has 0 saturated carbocycles. The highest BCUT2D eigenvalue weighted by atomic mass is 16.6. The maximum absolute atomic E-state index is 12.6. The fourth-order valence-corrected chi connectivity index (χ4v) is 3.63. The molecule has 1 saturated heterocycles. The van der Waals surface area contributed by atoms with Crippen molar-refractivity contribution in [1.29, 1.82) is 0 Å². The number of carbonyl (C=O) groups excluding carboxylic acids is 2. The number of amides is 3. The fraction of sp³-hybridized carbons (Fsp3) is 0.882. The van der Waals surface area contributed by atoms with Gasteiger partial charge in [-0.1, -0.05) is 0 Å². The van der Waals surface area contributed by atoms with Crippen LogP contribution >= 0.6 is 0 Å². The van der Waals surface area contributed by atoms with E-state index >= 15 is 0 Å². The summed E-state index contributed by atoms with van der Waals surface area (Å²) >= 11 is 0. The second-order valence-electron chi connectivity index (χ2n) is 8.79. The van der Waals surface area contributed by atoms with Gasteiger partial charge in [0.15, 0.2) is 0 Å². The van der Waals surface area contributed by atoms with Crippen LogP contribution in [0.2, 0.25) is 0 Å². The lowest BCUT2D eigenvalue weighted by molar-refractivity contribution is 0.00310. The largest absolute Gasteiger partial charge is 0.444 e. The number of likely N-dealkylation sites (tertiary alicyclic amines) is 1. The van der Waals surface area contributed by atoms with Gasteiger partial charge in [-0.25, -0.2) is 9.59 Å². The Morgan fingerprint density at radius 2 is 1.54 bits per heavy atom. The van der Waals surface area contributed by atoms with E-state index in [0.717, 1.165) is 12.8 Å². The fourth-order valence-electron chi connectivity index (χ4n) is 3.63. The van der Waals surface area contributed by atoms with Crippen molar-refractivity contribution >= 4 is 12.1 Å². The Kier molecular flexibility index (Phi) is 6.14. The second kappa shape index (κ2) is 7.17. The summed E-state index contributed by atoms with van der Waals surface area (Å²) in [5.74, 6) is 0. The van der Waals surface area contributed by atoms with Crippen LogP contribution in [0.4, 0.5) is 9.59 Å². The van der Waals surface area contributed by atoms with Crippen molar-refractivity contribution in [2.75, 3.05) is 13.1 Å². The number of hydrogen-bond acceptors (Lipinski definition) is 4. The zero-order valence-electron chi connectivity index (χ0n) is 16.2. The first kappa shape index (κ1) is 20.5. The SMILES string of the molecule is CC(C)(C)OC(=O)NCCNC(=O)N1C(C)(C)CC(N)CC1(C)C. The number of nitrogens with one attached hydrogen (secondary N) is 2. The minimum Gasteiger partial charge on any atom is -0.444 e. The maximum atomic E-state index is 12.6. The second-order valence-corrected chi connectivity index (χ2v) is 8.79. The predicted octanol–water partition coefficient (Wildman–Crippen LogP) is 2.20. The van der Waals surface area contributed by atoms with E-state index in [1.807, 2.05) is 32.6 Å². The minimum atomic E-state index is -0.534. The van der Waals surface area contributed by atoms with Crippen molar-refractivity contribution < 1.29 is 14.3 Å². The number of piperidine rings is 1. The summed E-state index contributed by atoms with van der Waals surface area (Å²) < 4.78 is 5.15. The summed E-state index contributed by atoms with van der Waals surface area (Å²) in [6.45, 7) is 14.2. The number of hydrogen-bond donors (Lipinski definition) is 3. The molecule has 7 nitrogen and oxygen atoms in total. The van der Waals surface area contributed by atoms with Crippen LogP contribution in [0.5, 0.6) is 0 Å². The molecule has 7 heteroatoms. The summed E-state index contributed by atoms with van der Waals surface area (Å²) in [4.78, 5) is 26.1. The molecule has 1 fully saturated rings. The van der Waals surface area contributed by atoms with E-state index in [2.05, 4.69) is 10.6 Å². The summed E-state index contributed by atoms with van der Waals surface area (Å²) in [6, 6.07) is -0.0456. The molecule has 1 aliphatic heterocycles. The van der Waals surface area contributed by atoms with E-state index in [1.165, 1.54) is 0 Å². The standard InChI is InChI=1S/C17H34N4O3/c1-15(2,3)24-14(23)20-9-8-19-13(22)21-16(4,5)10-12(18)11-17(21,6)7/h12H,8-11,18H2,1-7H3,(H,19,22)(H,20,23). The number of alkyl carbamates (subject to hydrolysis) is 1. The molecule has 0 aromatic rings. The van der Waals surface area contributed by atoms with Crippen LogP contribution in [0, 0.1) is 0 Å². The molecule has 0 radical (unpaired) electrons. The zero-order chi connectivity index (χ0) is 18.8. The lowest BCUT2D eigenvalue weighted by atomic mass is 9.77. The van der Waals surface area contributed by atoms with Gasteiger partial charge < -0.3 is 26.0 Å². The van der Waals surface area contributed by atoms with Gasteiger partial charge in [0.2, 0.25) is 0 Å². The van der Waals surface area contributed by atoms with Gasteiger partial charge in [0.05, 0.1) is 0 Å². The molecule has 0 atom stereocenters. The Labute approximate surface area is 145 Å². The molecule has 0 aliphatic carbocycles. The van der Waals surface area contributed by atoms with Crippen LogP contribution in [-0.2, 0) is 4.74 Å². The Morgan fingerprint density at radius 3 is 2.00 bits per heavy atom. The summed E-state index contributed by atoms with van der Waals surface area (Å²) in [6.07, 6.45) is 1.04. The first-order valence-corrected chi connectivity index (χ1v) is 8.55. The van der Waals surface area contributed by atoms with Crippen LogP contribution in [-0.4, -0.2) is 52.8 Å². The van der Waals surface area contributed by atoms with Crippen molar-refractivity contribution in [3.05, 3.63) is 0 Å². The predicted molar refractivity (Wildman–Crippen MR) is 94.8 cm³/mol. The first-order valence-electron chi connectivity index (χ1n) is 8.55. The van der Waals surface area contributed by atoms with E-state index in [9.17, 15) is 9.59 Å². The zero-order valence-corrected chi connectivity index (χ0v) is 16.2. The van der Waals surface area contributed by atoms with Gasteiger partial charge in [0.25, 0.3) is 0 Å². The molecule has 4 N–H and O–H groups in total. The van der Waals surface area contributed by atoms with Gasteiger partial charge >= 0.3 is 12.1 Å². The molecule has 24 heavy (non-hydrogen) atoms. The van der Waals surface area contributed by atoms with E-state index in [1.54, 1.807) is 20.8 Å². The first-order chi connectivity index (χ1) is 10.7. The van der Waals surface area contributed by atoms with Crippen LogP contribution in [0.15, 0.2) is 0 Å². The van der Waals surface area contributed by atoms with E-state index in [-0.39, 0.29) is 23.2 Å². The summed E-state index contributed by atoms with van der Waals surface area (Å²) in [5, 5.41) is 5.50. The van der Waals surface area contributed by atoms with Crippen LogP contribution < -0.4 is 16.4 Å². The summed E-state index contributed by atoms with van der Waals surface area (Å²) in [5.41, 5.74) is 4.97. The quantitative estimate of drug-likeness (QED) is 0.685. The molecule has 0 unspecified atom stereocenters. The Hall–Kier alpha value is -1.50. The average Bonchev–Trinajstić information content (AvgIpc) is 2.28. The molecule has 1 rings (SSSR count). The van der Waals surface area contributed by atoms with Gasteiger partial charge in [-0.2, -0.15) is 0 Å². The van der Waals surface area contributed by atoms with Gasteiger partial charge in [0, 0.05) is 30.2 Å². The smallest absolute Gasteiger partial charge is 0.407 e. The number of nitrogens with zero attached hydrogens (tertiary/aromatic N) is 1. The normalized spacial score (nSPS) is 20.4. The maximum Gasteiger partial charge on any atom is 0.407 e. The minimum absolute atomic E-state index is 0.0906. The number of urea groups is 1. The van der Waals surface area contributed by atoms with E-state index < -0.39 is 11.7 Å². The molecular weight excluding hydrogens is 308 g/mol. The van der Waals surface area contributed by atoms with Crippen molar-refractivity contribution in [2.24, 2.45) is 5.73 Å². The molecule has 0 bridgehead atoms. The molecule has 140 valence electrons.